The summed E-state index contributed by atoms with van der Waals surface area (Å²) >= 11 is 0. The van der Waals surface area contributed by atoms with Crippen molar-refractivity contribution in [2.45, 2.75) is 19.3 Å². The minimum atomic E-state index is -0.0150. The molecule has 0 aliphatic heterocycles. The van der Waals surface area contributed by atoms with Gasteiger partial charge in [0.05, 0.1) is 6.42 Å². The Labute approximate surface area is 77.2 Å². The molecule has 1 amide bonds. The quantitative estimate of drug-likeness (QED) is 0.708. The fraction of sp³-hybridized carbons (Fsp3) is 0.300. The highest BCUT2D eigenvalue weighted by Gasteiger charge is 1.98. The van der Waals surface area contributed by atoms with Crippen molar-refractivity contribution in [3.05, 3.63) is 29.8 Å². The number of rotatable bonds is 4. The largest absolute Gasteiger partial charge is 0.508 e. The standard InChI is InChI=1S/C10H13NO2/c11-10(13)3-1-2-8-4-6-9(12)7-5-8/h4-7,12H,1-3H2,(H2,11,13)/p+1. The highest BCUT2D eigenvalue weighted by Crippen LogP contribution is 2.11. The number of hydrogen-bond acceptors (Lipinski definition) is 2. The van der Waals surface area contributed by atoms with Crippen LogP contribution in [0.1, 0.15) is 18.4 Å². The smallest absolute Gasteiger partial charge is 0.308 e. The Morgan fingerprint density at radius 2 is 1.92 bits per heavy atom. The molecule has 0 saturated carbocycles. The fourth-order valence-corrected chi connectivity index (χ4v) is 1.15. The second-order valence-electron chi connectivity index (χ2n) is 3.06. The number of amides is 1. The number of benzene rings is 1. The molecule has 0 unspecified atom stereocenters. The zero-order chi connectivity index (χ0) is 9.68. The number of carbonyl (C=O) groups excluding carboxylic acids is 1. The van der Waals surface area contributed by atoms with E-state index in [-0.39, 0.29) is 11.7 Å². The van der Waals surface area contributed by atoms with Gasteiger partial charge in [0, 0.05) is 0 Å². The summed E-state index contributed by atoms with van der Waals surface area (Å²) in [4.78, 5) is 10.5. The zero-order valence-corrected chi connectivity index (χ0v) is 7.49. The van der Waals surface area contributed by atoms with Crippen LogP contribution >= 0.6 is 0 Å². The molecule has 1 aromatic carbocycles. The summed E-state index contributed by atoms with van der Waals surface area (Å²) < 4.78 is 0. The topological polar surface area (TPSA) is 64.9 Å². The number of aryl methyl sites for hydroxylation is 1. The Bertz CT molecular complexity index is 279. The first kappa shape index (κ1) is 9.74. The maximum absolute atomic E-state index is 10.5. The van der Waals surface area contributed by atoms with Crippen molar-refractivity contribution in [1.29, 1.82) is 0 Å². The number of quaternary nitrogens is 1. The van der Waals surface area contributed by atoms with Gasteiger partial charge in [-0.05, 0) is 30.5 Å². The third-order valence-electron chi connectivity index (χ3n) is 1.86. The van der Waals surface area contributed by atoms with Crippen molar-refractivity contribution in [1.82, 2.24) is 0 Å². The second kappa shape index (κ2) is 4.62. The van der Waals surface area contributed by atoms with Gasteiger partial charge in [-0.25, -0.2) is 4.79 Å². The second-order valence-corrected chi connectivity index (χ2v) is 3.06. The van der Waals surface area contributed by atoms with E-state index >= 15 is 0 Å². The van der Waals surface area contributed by atoms with Crippen molar-refractivity contribution in [3.63, 3.8) is 0 Å². The van der Waals surface area contributed by atoms with Crippen LogP contribution in [0.4, 0.5) is 0 Å². The van der Waals surface area contributed by atoms with Crippen molar-refractivity contribution in [2.24, 2.45) is 0 Å². The molecule has 3 nitrogen and oxygen atoms in total. The minimum Gasteiger partial charge on any atom is -0.508 e. The van der Waals surface area contributed by atoms with Crippen LogP contribution in [0.25, 0.3) is 0 Å². The van der Waals surface area contributed by atoms with Gasteiger partial charge in [-0.1, -0.05) is 12.1 Å². The molecule has 0 aliphatic rings. The van der Waals surface area contributed by atoms with E-state index < -0.39 is 0 Å². The lowest BCUT2D eigenvalue weighted by atomic mass is 10.1. The predicted octanol–water partition coefficient (Wildman–Crippen LogP) is 0.483. The first-order valence-electron chi connectivity index (χ1n) is 4.31. The molecule has 0 atom stereocenters. The molecule has 4 N–H and O–H groups in total. The molecule has 0 aromatic heterocycles. The van der Waals surface area contributed by atoms with Gasteiger partial charge >= 0.3 is 5.91 Å². The first-order valence-corrected chi connectivity index (χ1v) is 4.31. The molecule has 1 rings (SSSR count). The Morgan fingerprint density at radius 3 is 2.46 bits per heavy atom. The van der Waals surface area contributed by atoms with Gasteiger partial charge in [-0.15, -0.1) is 0 Å². The van der Waals surface area contributed by atoms with E-state index in [1.54, 1.807) is 12.1 Å². The number of carbonyl (C=O) groups is 1. The summed E-state index contributed by atoms with van der Waals surface area (Å²) in [6, 6.07) is 7.04. The molecule has 0 spiro atoms. The van der Waals surface area contributed by atoms with Crippen LogP contribution in [-0.2, 0) is 11.2 Å². The van der Waals surface area contributed by atoms with Crippen LogP contribution in [0.3, 0.4) is 0 Å². The van der Waals surface area contributed by atoms with Crippen LogP contribution in [0.2, 0.25) is 0 Å². The molecular weight excluding hydrogens is 166 g/mol. The predicted molar refractivity (Wildman–Crippen MR) is 48.9 cm³/mol. The van der Waals surface area contributed by atoms with Crippen molar-refractivity contribution in [3.8, 4) is 5.75 Å². The van der Waals surface area contributed by atoms with Crippen LogP contribution in [0, 0.1) is 0 Å². The van der Waals surface area contributed by atoms with E-state index in [0.29, 0.717) is 6.42 Å². The highest BCUT2D eigenvalue weighted by atomic mass is 16.3. The minimum absolute atomic E-state index is 0.0150. The molecule has 1 aromatic rings. The van der Waals surface area contributed by atoms with Crippen molar-refractivity contribution < 1.29 is 15.6 Å². The highest BCUT2D eigenvalue weighted by molar-refractivity contribution is 5.64. The van der Waals surface area contributed by atoms with Gasteiger partial charge in [0.15, 0.2) is 0 Å². The Hall–Kier alpha value is -1.35. The number of phenolic OH excluding ortho intramolecular Hbond substituents is 1. The normalized spacial score (nSPS) is 9.92. The van der Waals surface area contributed by atoms with E-state index in [1.807, 2.05) is 12.1 Å². The molecule has 0 saturated heterocycles. The third-order valence-corrected chi connectivity index (χ3v) is 1.86. The van der Waals surface area contributed by atoms with Gasteiger partial charge in [0.25, 0.3) is 0 Å². The molecule has 3 heteroatoms. The molecule has 13 heavy (non-hydrogen) atoms. The molecular formula is C10H14NO2+. The molecule has 70 valence electrons. The van der Waals surface area contributed by atoms with Gasteiger partial charge in [-0.2, -0.15) is 0 Å². The Balaban J connectivity index is 2.37. The third kappa shape index (κ3) is 3.71. The summed E-state index contributed by atoms with van der Waals surface area (Å²) in [6.45, 7) is 0. The molecule has 0 heterocycles. The summed E-state index contributed by atoms with van der Waals surface area (Å²) in [7, 11) is 0. The van der Waals surface area contributed by atoms with Crippen LogP contribution in [0.5, 0.6) is 5.75 Å². The lowest BCUT2D eigenvalue weighted by molar-refractivity contribution is -0.305. The SMILES string of the molecule is [NH3+]C(=O)CCCc1ccc(O)cc1. The van der Waals surface area contributed by atoms with E-state index in [9.17, 15) is 4.79 Å². The lowest BCUT2D eigenvalue weighted by Crippen LogP contribution is -2.56. The van der Waals surface area contributed by atoms with Crippen LogP contribution in [-0.4, -0.2) is 11.0 Å². The van der Waals surface area contributed by atoms with Gasteiger partial charge < -0.3 is 5.11 Å². The van der Waals surface area contributed by atoms with Crippen LogP contribution in [0.15, 0.2) is 24.3 Å². The van der Waals surface area contributed by atoms with Gasteiger partial charge in [0.2, 0.25) is 0 Å². The first-order chi connectivity index (χ1) is 6.18. The van der Waals surface area contributed by atoms with Crippen molar-refractivity contribution >= 4 is 5.91 Å². The van der Waals surface area contributed by atoms with Crippen LogP contribution < -0.4 is 5.73 Å². The fourth-order valence-electron chi connectivity index (χ4n) is 1.15. The summed E-state index contributed by atoms with van der Waals surface area (Å²) in [6.07, 6.45) is 2.22. The number of aromatic hydroxyl groups is 1. The summed E-state index contributed by atoms with van der Waals surface area (Å²) in [5.74, 6) is 0.260. The van der Waals surface area contributed by atoms with E-state index in [2.05, 4.69) is 5.73 Å². The van der Waals surface area contributed by atoms with Crippen molar-refractivity contribution in [2.75, 3.05) is 0 Å². The van der Waals surface area contributed by atoms with E-state index in [4.69, 9.17) is 5.11 Å². The number of phenols is 1. The average Bonchev–Trinajstić information content (AvgIpc) is 2.08. The lowest BCUT2D eigenvalue weighted by Gasteiger charge is -1.98. The zero-order valence-electron chi connectivity index (χ0n) is 7.49. The average molecular weight is 180 g/mol. The molecule has 0 fully saturated rings. The van der Waals surface area contributed by atoms with Gasteiger partial charge in [0.1, 0.15) is 5.75 Å². The van der Waals surface area contributed by atoms with E-state index in [0.717, 1.165) is 18.4 Å². The van der Waals surface area contributed by atoms with E-state index in [1.165, 1.54) is 0 Å². The monoisotopic (exact) mass is 180 g/mol. The maximum atomic E-state index is 10.5. The maximum Gasteiger partial charge on any atom is 0.308 e. The molecule has 0 radical (unpaired) electrons. The Morgan fingerprint density at radius 1 is 1.31 bits per heavy atom. The number of hydrogen-bond donors (Lipinski definition) is 2. The molecule has 0 bridgehead atoms. The summed E-state index contributed by atoms with van der Waals surface area (Å²) in [5, 5.41) is 9.01. The molecule has 0 aliphatic carbocycles. The van der Waals surface area contributed by atoms with Gasteiger partial charge in [-0.3, -0.25) is 5.73 Å². The summed E-state index contributed by atoms with van der Waals surface area (Å²) in [5.41, 5.74) is 4.44. The Kier molecular flexibility index (Phi) is 3.46.